The number of hydrogen-bond acceptors (Lipinski definition) is 6. The molecule has 2 heterocycles. The van der Waals surface area contributed by atoms with Crippen molar-refractivity contribution in [1.29, 1.82) is 0 Å². The van der Waals surface area contributed by atoms with Crippen molar-refractivity contribution in [1.82, 2.24) is 14.5 Å². The Morgan fingerprint density at radius 3 is 2.33 bits per heavy atom. The van der Waals surface area contributed by atoms with Crippen LogP contribution in [-0.2, 0) is 26.3 Å². The second kappa shape index (κ2) is 14.0. The van der Waals surface area contributed by atoms with Crippen LogP contribution in [-0.4, -0.2) is 57.8 Å². The fourth-order valence-electron chi connectivity index (χ4n) is 5.77. The standard InChI is InChI=1S/C34H45N5O4/c1-33(2,35)22-28(40)21-26(14-10-13-25-11-6-5-7-12-25)31(41)37-30-23-39(24-36-30)34(3,32(42)38-19-8-9-20-38)27-15-17-29(43-4)18-16-27/h5-7,11-12,15-18,23-24,26H,8-10,13-14,19-22,35H2,1-4H3,(H,37,41)/t26-,34?/m0/s1. The van der Waals surface area contributed by atoms with E-state index in [4.69, 9.17) is 10.5 Å². The van der Waals surface area contributed by atoms with Gasteiger partial charge in [0.1, 0.15) is 17.1 Å². The lowest BCUT2D eigenvalue weighted by molar-refractivity contribution is -0.137. The van der Waals surface area contributed by atoms with Gasteiger partial charge in [-0.2, -0.15) is 0 Å². The number of ketones is 1. The molecule has 1 fully saturated rings. The number of hydrogen-bond donors (Lipinski definition) is 2. The number of ether oxygens (including phenoxy) is 1. The molecule has 3 N–H and O–H groups in total. The van der Waals surface area contributed by atoms with Crippen molar-refractivity contribution in [3.8, 4) is 5.75 Å². The van der Waals surface area contributed by atoms with Gasteiger partial charge in [0.2, 0.25) is 5.91 Å². The maximum Gasteiger partial charge on any atom is 0.253 e. The topological polar surface area (TPSA) is 120 Å². The maximum atomic E-state index is 13.9. The summed E-state index contributed by atoms with van der Waals surface area (Å²) >= 11 is 0. The third kappa shape index (κ3) is 8.32. The Kier molecular flexibility index (Phi) is 10.4. The average Bonchev–Trinajstić information content (AvgIpc) is 3.69. The quantitative estimate of drug-likeness (QED) is 0.276. The molecule has 2 atom stereocenters. The number of aryl methyl sites for hydroxylation is 1. The number of Topliss-reactive ketones (excluding diaryl/α,β-unsaturated/α-hetero) is 1. The van der Waals surface area contributed by atoms with Crippen LogP contribution in [0.4, 0.5) is 5.82 Å². The predicted octanol–water partition coefficient (Wildman–Crippen LogP) is 4.94. The maximum absolute atomic E-state index is 13.9. The molecule has 230 valence electrons. The van der Waals surface area contributed by atoms with Crippen molar-refractivity contribution in [3.05, 3.63) is 78.2 Å². The van der Waals surface area contributed by atoms with E-state index < -0.39 is 17.0 Å². The lowest BCUT2D eigenvalue weighted by atomic mass is 9.89. The number of carbonyl (C=O) groups excluding carboxylic acids is 3. The molecule has 2 amide bonds. The number of benzene rings is 2. The Bertz CT molecular complexity index is 1370. The molecule has 1 aromatic heterocycles. The molecule has 43 heavy (non-hydrogen) atoms. The van der Waals surface area contributed by atoms with Crippen molar-refractivity contribution in [2.45, 2.75) is 76.8 Å². The Hall–Kier alpha value is -3.98. The first-order valence-corrected chi connectivity index (χ1v) is 15.1. The van der Waals surface area contributed by atoms with Gasteiger partial charge in [0.25, 0.3) is 5.91 Å². The van der Waals surface area contributed by atoms with Crippen LogP contribution in [0.15, 0.2) is 67.1 Å². The SMILES string of the molecule is COc1ccc(C(C)(C(=O)N2CCCC2)n2cnc(NC(=O)[C@@H](CCCc3ccccc3)CC(=O)CC(C)(C)N)c2)cc1. The summed E-state index contributed by atoms with van der Waals surface area (Å²) in [4.78, 5) is 46.7. The Morgan fingerprint density at radius 2 is 1.70 bits per heavy atom. The number of likely N-dealkylation sites (tertiary alicyclic amines) is 1. The Balaban J connectivity index is 1.54. The van der Waals surface area contributed by atoms with Gasteiger partial charge in [-0.1, -0.05) is 42.5 Å². The minimum atomic E-state index is -1.08. The normalized spacial score (nSPS) is 15.5. The zero-order valence-corrected chi connectivity index (χ0v) is 25.8. The van der Waals surface area contributed by atoms with E-state index in [1.165, 1.54) is 5.56 Å². The highest BCUT2D eigenvalue weighted by molar-refractivity contribution is 5.95. The van der Waals surface area contributed by atoms with E-state index in [0.717, 1.165) is 31.2 Å². The average molecular weight is 588 g/mol. The number of methoxy groups -OCH3 is 1. The smallest absolute Gasteiger partial charge is 0.253 e. The lowest BCUT2D eigenvalue weighted by Gasteiger charge is -2.34. The summed E-state index contributed by atoms with van der Waals surface area (Å²) in [5.41, 5.74) is 6.35. The Labute approximate surface area is 254 Å². The van der Waals surface area contributed by atoms with Crippen LogP contribution < -0.4 is 15.8 Å². The number of imidazole rings is 1. The molecule has 0 spiro atoms. The molecule has 1 aliphatic rings. The summed E-state index contributed by atoms with van der Waals surface area (Å²) in [6, 6.07) is 17.5. The van der Waals surface area contributed by atoms with Gasteiger partial charge in [-0.15, -0.1) is 0 Å². The van der Waals surface area contributed by atoms with Gasteiger partial charge in [-0.05, 0) is 76.1 Å². The van der Waals surface area contributed by atoms with E-state index in [9.17, 15) is 14.4 Å². The number of aromatic nitrogens is 2. The molecule has 9 nitrogen and oxygen atoms in total. The molecule has 2 aromatic carbocycles. The van der Waals surface area contributed by atoms with Crippen LogP contribution in [0, 0.1) is 5.92 Å². The zero-order valence-electron chi connectivity index (χ0n) is 25.8. The first kappa shape index (κ1) is 31.9. The molecule has 4 rings (SSSR count). The molecule has 0 aliphatic carbocycles. The highest BCUT2D eigenvalue weighted by Gasteiger charge is 2.41. The molecule has 1 aliphatic heterocycles. The Morgan fingerprint density at radius 1 is 1.02 bits per heavy atom. The van der Waals surface area contributed by atoms with E-state index in [0.29, 0.717) is 31.1 Å². The van der Waals surface area contributed by atoms with Crippen LogP contribution in [0.5, 0.6) is 5.75 Å². The number of nitrogens with two attached hydrogens (primary N) is 1. The van der Waals surface area contributed by atoms with Gasteiger partial charge in [-0.3, -0.25) is 14.4 Å². The van der Waals surface area contributed by atoms with Crippen molar-refractivity contribution >= 4 is 23.4 Å². The summed E-state index contributed by atoms with van der Waals surface area (Å²) in [6.07, 6.45) is 7.66. The lowest BCUT2D eigenvalue weighted by Crippen LogP contribution is -2.48. The van der Waals surface area contributed by atoms with Crippen LogP contribution in [0.25, 0.3) is 0 Å². The molecular formula is C34H45N5O4. The van der Waals surface area contributed by atoms with Crippen molar-refractivity contribution in [2.24, 2.45) is 11.7 Å². The molecule has 1 unspecified atom stereocenters. The van der Waals surface area contributed by atoms with Crippen molar-refractivity contribution < 1.29 is 19.1 Å². The van der Waals surface area contributed by atoms with Gasteiger partial charge in [0.05, 0.1) is 13.4 Å². The van der Waals surface area contributed by atoms with Gasteiger partial charge in [0.15, 0.2) is 5.82 Å². The largest absolute Gasteiger partial charge is 0.497 e. The second-order valence-electron chi connectivity index (χ2n) is 12.4. The van der Waals surface area contributed by atoms with Gasteiger partial charge < -0.3 is 25.3 Å². The predicted molar refractivity (Wildman–Crippen MR) is 168 cm³/mol. The van der Waals surface area contributed by atoms with Gasteiger partial charge in [0, 0.05) is 43.6 Å². The number of rotatable bonds is 14. The third-order valence-corrected chi connectivity index (χ3v) is 8.17. The number of nitrogens with zero attached hydrogens (tertiary/aromatic N) is 3. The monoisotopic (exact) mass is 587 g/mol. The summed E-state index contributed by atoms with van der Waals surface area (Å²) < 4.78 is 7.09. The highest BCUT2D eigenvalue weighted by atomic mass is 16.5. The second-order valence-corrected chi connectivity index (χ2v) is 12.4. The molecule has 0 bridgehead atoms. The van der Waals surface area contributed by atoms with E-state index in [1.807, 2.05) is 68.1 Å². The van der Waals surface area contributed by atoms with E-state index in [-0.39, 0.29) is 30.4 Å². The number of amides is 2. The molecule has 1 saturated heterocycles. The number of carbonyl (C=O) groups is 3. The van der Waals surface area contributed by atoms with Crippen LogP contribution in [0.2, 0.25) is 0 Å². The van der Waals surface area contributed by atoms with Gasteiger partial charge >= 0.3 is 0 Å². The fourth-order valence-corrected chi connectivity index (χ4v) is 5.77. The van der Waals surface area contributed by atoms with E-state index in [2.05, 4.69) is 22.4 Å². The highest BCUT2D eigenvalue weighted by Crippen LogP contribution is 2.32. The number of anilines is 1. The summed E-state index contributed by atoms with van der Waals surface area (Å²) in [7, 11) is 1.60. The van der Waals surface area contributed by atoms with Crippen molar-refractivity contribution in [3.63, 3.8) is 0 Å². The molecule has 3 aromatic rings. The summed E-state index contributed by atoms with van der Waals surface area (Å²) in [5, 5.41) is 2.93. The summed E-state index contributed by atoms with van der Waals surface area (Å²) in [6.45, 7) is 6.92. The van der Waals surface area contributed by atoms with Gasteiger partial charge in [-0.25, -0.2) is 4.98 Å². The molecule has 9 heteroatoms. The molecule has 0 saturated carbocycles. The molecule has 0 radical (unpaired) electrons. The minimum absolute atomic E-state index is 0.0285. The van der Waals surface area contributed by atoms with Crippen LogP contribution in [0.1, 0.15) is 70.4 Å². The molecular weight excluding hydrogens is 542 g/mol. The van der Waals surface area contributed by atoms with Crippen LogP contribution in [0.3, 0.4) is 0 Å². The van der Waals surface area contributed by atoms with Crippen LogP contribution >= 0.6 is 0 Å². The van der Waals surface area contributed by atoms with E-state index >= 15 is 0 Å². The van der Waals surface area contributed by atoms with E-state index in [1.54, 1.807) is 24.2 Å². The third-order valence-electron chi connectivity index (χ3n) is 8.17. The first-order chi connectivity index (χ1) is 20.5. The zero-order chi connectivity index (χ0) is 31.0. The first-order valence-electron chi connectivity index (χ1n) is 15.1. The summed E-state index contributed by atoms with van der Waals surface area (Å²) in [5.74, 6) is 0.171. The van der Waals surface area contributed by atoms with Crippen molar-refractivity contribution in [2.75, 3.05) is 25.5 Å². The minimum Gasteiger partial charge on any atom is -0.497 e. The fraction of sp³-hybridized carbons (Fsp3) is 0.471. The number of nitrogens with one attached hydrogen (secondary N) is 1.